The van der Waals surface area contributed by atoms with Crippen LogP contribution in [0.2, 0.25) is 0 Å². The number of amides is 2. The van der Waals surface area contributed by atoms with E-state index in [2.05, 4.69) is 0 Å². The summed E-state index contributed by atoms with van der Waals surface area (Å²) in [4.78, 5) is 23.4. The molecule has 0 bridgehead atoms. The first-order valence-electron chi connectivity index (χ1n) is 4.74. The number of carbonyl (C=O) groups is 2. The van der Waals surface area contributed by atoms with E-state index in [1.807, 2.05) is 0 Å². The van der Waals surface area contributed by atoms with Gasteiger partial charge in [-0.15, -0.1) is 0 Å². The molecule has 0 aromatic carbocycles. The molecule has 0 aliphatic heterocycles. The van der Waals surface area contributed by atoms with Gasteiger partial charge in [0.2, 0.25) is 11.8 Å². The van der Waals surface area contributed by atoms with Crippen molar-refractivity contribution in [2.24, 2.45) is 11.5 Å². The van der Waals surface area contributed by atoms with Gasteiger partial charge in [-0.3, -0.25) is 9.59 Å². The van der Waals surface area contributed by atoms with Gasteiger partial charge < -0.3 is 16.4 Å². The van der Waals surface area contributed by atoms with Gasteiger partial charge in [0.25, 0.3) is 0 Å². The summed E-state index contributed by atoms with van der Waals surface area (Å²) in [5, 5.41) is 0. The molecule has 4 N–H and O–H groups in total. The summed E-state index contributed by atoms with van der Waals surface area (Å²) in [6, 6.07) is 0. The second-order valence-corrected chi connectivity index (χ2v) is 4.11. The van der Waals surface area contributed by atoms with Gasteiger partial charge in [0, 0.05) is 19.0 Å². The molecule has 5 heteroatoms. The number of primary amides is 1. The fourth-order valence-electron chi connectivity index (χ4n) is 1.57. The molecule has 0 spiro atoms. The minimum absolute atomic E-state index is 0.0328. The smallest absolute Gasteiger partial charge is 0.237 e. The van der Waals surface area contributed by atoms with Gasteiger partial charge in [-0.2, -0.15) is 0 Å². The first-order chi connectivity index (χ1) is 6.43. The third-order valence-electron chi connectivity index (χ3n) is 2.67. The maximum Gasteiger partial charge on any atom is 0.237 e. The van der Waals surface area contributed by atoms with E-state index in [1.165, 1.54) is 4.90 Å². The first kappa shape index (κ1) is 11.0. The Kier molecular flexibility index (Phi) is 3.10. The Morgan fingerprint density at radius 1 is 1.43 bits per heavy atom. The average molecular weight is 199 g/mol. The van der Waals surface area contributed by atoms with Crippen LogP contribution in [-0.2, 0) is 9.59 Å². The van der Waals surface area contributed by atoms with Gasteiger partial charge >= 0.3 is 0 Å². The SMILES string of the molecule is CN(CC(N)=O)C(=O)CC1(N)CCC1. The lowest BCUT2D eigenvalue weighted by molar-refractivity contribution is -0.135. The van der Waals surface area contributed by atoms with Gasteiger partial charge in [0.05, 0.1) is 6.54 Å². The van der Waals surface area contributed by atoms with Crippen molar-refractivity contribution in [1.82, 2.24) is 4.90 Å². The predicted molar refractivity (Wildman–Crippen MR) is 52.2 cm³/mol. The lowest BCUT2D eigenvalue weighted by Crippen LogP contribution is -2.50. The van der Waals surface area contributed by atoms with Crippen molar-refractivity contribution in [2.45, 2.75) is 31.2 Å². The van der Waals surface area contributed by atoms with Crippen LogP contribution in [0.5, 0.6) is 0 Å². The lowest BCUT2D eigenvalue weighted by Gasteiger charge is -2.38. The Bertz CT molecular complexity index is 248. The van der Waals surface area contributed by atoms with Crippen molar-refractivity contribution in [2.75, 3.05) is 13.6 Å². The van der Waals surface area contributed by atoms with Gasteiger partial charge in [-0.25, -0.2) is 0 Å². The zero-order valence-electron chi connectivity index (χ0n) is 8.45. The molecule has 1 rings (SSSR count). The van der Waals surface area contributed by atoms with Crippen LogP contribution < -0.4 is 11.5 Å². The quantitative estimate of drug-likeness (QED) is 0.621. The van der Waals surface area contributed by atoms with E-state index >= 15 is 0 Å². The number of nitrogens with two attached hydrogens (primary N) is 2. The zero-order valence-corrected chi connectivity index (χ0v) is 8.45. The Morgan fingerprint density at radius 3 is 2.36 bits per heavy atom. The molecule has 0 aromatic rings. The van der Waals surface area contributed by atoms with Crippen LogP contribution in [0.1, 0.15) is 25.7 Å². The highest BCUT2D eigenvalue weighted by molar-refractivity contribution is 5.84. The Hall–Kier alpha value is -1.10. The van der Waals surface area contributed by atoms with Gasteiger partial charge in [0.15, 0.2) is 0 Å². The largest absolute Gasteiger partial charge is 0.368 e. The summed E-state index contributed by atoms with van der Waals surface area (Å²) in [5.41, 5.74) is 10.6. The Labute approximate surface area is 83.4 Å². The van der Waals surface area contributed by atoms with Gasteiger partial charge in [-0.05, 0) is 19.3 Å². The topological polar surface area (TPSA) is 89.4 Å². The molecule has 1 aliphatic rings. The number of rotatable bonds is 4. The van der Waals surface area contributed by atoms with Crippen LogP contribution in [0.3, 0.4) is 0 Å². The molecule has 0 heterocycles. The van der Waals surface area contributed by atoms with Crippen molar-refractivity contribution >= 4 is 11.8 Å². The molecular weight excluding hydrogens is 182 g/mol. The number of hydrogen-bond acceptors (Lipinski definition) is 3. The van der Waals surface area contributed by atoms with Crippen molar-refractivity contribution in [1.29, 1.82) is 0 Å². The van der Waals surface area contributed by atoms with E-state index in [0.717, 1.165) is 19.3 Å². The third kappa shape index (κ3) is 2.70. The van der Waals surface area contributed by atoms with Crippen LogP contribution in [0.15, 0.2) is 0 Å². The van der Waals surface area contributed by atoms with Crippen molar-refractivity contribution in [3.8, 4) is 0 Å². The van der Waals surface area contributed by atoms with Crippen LogP contribution in [0, 0.1) is 0 Å². The number of hydrogen-bond donors (Lipinski definition) is 2. The molecule has 0 atom stereocenters. The molecule has 1 fully saturated rings. The van der Waals surface area contributed by atoms with Crippen molar-refractivity contribution in [3.05, 3.63) is 0 Å². The minimum Gasteiger partial charge on any atom is -0.368 e. The molecule has 0 aromatic heterocycles. The van der Waals surface area contributed by atoms with E-state index in [4.69, 9.17) is 11.5 Å². The van der Waals surface area contributed by atoms with E-state index in [0.29, 0.717) is 6.42 Å². The molecule has 5 nitrogen and oxygen atoms in total. The normalized spacial score (nSPS) is 18.4. The number of carbonyl (C=O) groups excluding carboxylic acids is 2. The highest BCUT2D eigenvalue weighted by Crippen LogP contribution is 2.32. The summed E-state index contributed by atoms with van der Waals surface area (Å²) in [6.07, 6.45) is 3.19. The highest BCUT2D eigenvalue weighted by atomic mass is 16.2. The molecule has 0 saturated heterocycles. The van der Waals surface area contributed by atoms with Gasteiger partial charge in [0.1, 0.15) is 0 Å². The monoisotopic (exact) mass is 199 g/mol. The molecular formula is C9H17N3O2. The third-order valence-corrected chi connectivity index (χ3v) is 2.67. The number of likely N-dealkylation sites (N-methyl/N-ethyl adjacent to an activating group) is 1. The maximum absolute atomic E-state index is 11.5. The Balaban J connectivity index is 2.37. The van der Waals surface area contributed by atoms with Crippen LogP contribution in [0.4, 0.5) is 0 Å². The summed E-state index contributed by atoms with van der Waals surface area (Å²) >= 11 is 0. The molecule has 1 aliphatic carbocycles. The summed E-state index contributed by atoms with van der Waals surface area (Å²) in [5.74, 6) is -0.605. The zero-order chi connectivity index (χ0) is 10.8. The second-order valence-electron chi connectivity index (χ2n) is 4.11. The average Bonchev–Trinajstić information content (AvgIpc) is 2.00. The molecule has 1 saturated carbocycles. The van der Waals surface area contributed by atoms with Crippen molar-refractivity contribution in [3.63, 3.8) is 0 Å². The fraction of sp³-hybridized carbons (Fsp3) is 0.778. The summed E-state index contributed by atoms with van der Waals surface area (Å²) < 4.78 is 0. The van der Waals surface area contributed by atoms with E-state index in [1.54, 1.807) is 7.05 Å². The predicted octanol–water partition coefficient (Wildman–Crippen LogP) is -0.798. The molecule has 2 amide bonds. The van der Waals surface area contributed by atoms with Gasteiger partial charge in [-0.1, -0.05) is 0 Å². The fourth-order valence-corrected chi connectivity index (χ4v) is 1.57. The number of nitrogens with zero attached hydrogens (tertiary/aromatic N) is 1. The maximum atomic E-state index is 11.5. The minimum atomic E-state index is -0.500. The molecule has 0 unspecified atom stereocenters. The first-order valence-corrected chi connectivity index (χ1v) is 4.74. The van der Waals surface area contributed by atoms with E-state index in [-0.39, 0.29) is 18.0 Å². The summed E-state index contributed by atoms with van der Waals surface area (Å²) in [6.45, 7) is -0.0328. The lowest BCUT2D eigenvalue weighted by atomic mass is 9.75. The standard InChI is InChI=1S/C9H17N3O2/c1-12(6-7(10)13)8(14)5-9(11)3-2-4-9/h2-6,11H2,1H3,(H2,10,13). The molecule has 0 radical (unpaired) electrons. The van der Waals surface area contributed by atoms with Crippen LogP contribution >= 0.6 is 0 Å². The Morgan fingerprint density at radius 2 is 2.00 bits per heavy atom. The van der Waals surface area contributed by atoms with Crippen molar-refractivity contribution < 1.29 is 9.59 Å². The van der Waals surface area contributed by atoms with Crippen LogP contribution in [-0.4, -0.2) is 35.8 Å². The van der Waals surface area contributed by atoms with Crippen LogP contribution in [0.25, 0.3) is 0 Å². The summed E-state index contributed by atoms with van der Waals surface area (Å²) in [7, 11) is 1.56. The molecule has 14 heavy (non-hydrogen) atoms. The van der Waals surface area contributed by atoms with E-state index < -0.39 is 5.91 Å². The highest BCUT2D eigenvalue weighted by Gasteiger charge is 2.35. The van der Waals surface area contributed by atoms with E-state index in [9.17, 15) is 9.59 Å². The second kappa shape index (κ2) is 3.96. The molecule has 80 valence electrons.